The van der Waals surface area contributed by atoms with Gasteiger partial charge < -0.3 is 5.32 Å². The van der Waals surface area contributed by atoms with Gasteiger partial charge in [0.1, 0.15) is 5.82 Å². The summed E-state index contributed by atoms with van der Waals surface area (Å²) in [6.07, 6.45) is 3.03. The molecular weight excluding hydrogens is 310 g/mol. The second kappa shape index (κ2) is 6.20. The lowest BCUT2D eigenvalue weighted by Gasteiger charge is -2.12. The molecule has 4 heteroatoms. The zero-order valence-corrected chi connectivity index (χ0v) is 14.5. The Hall–Kier alpha value is -2.88. The average molecular weight is 331 g/mol. The second-order valence-corrected chi connectivity index (χ2v) is 6.65. The summed E-state index contributed by atoms with van der Waals surface area (Å²) in [4.78, 5) is 12.9. The van der Waals surface area contributed by atoms with E-state index in [9.17, 15) is 4.79 Å². The summed E-state index contributed by atoms with van der Waals surface area (Å²) >= 11 is 0. The summed E-state index contributed by atoms with van der Waals surface area (Å²) < 4.78 is 1.87. The first kappa shape index (κ1) is 15.6. The Balaban J connectivity index is 1.75. The van der Waals surface area contributed by atoms with Crippen molar-refractivity contribution in [3.8, 4) is 5.69 Å². The van der Waals surface area contributed by atoms with Crippen LogP contribution in [-0.2, 0) is 12.8 Å². The van der Waals surface area contributed by atoms with Gasteiger partial charge in [0.25, 0.3) is 5.91 Å². The van der Waals surface area contributed by atoms with E-state index in [2.05, 4.69) is 5.32 Å². The highest BCUT2D eigenvalue weighted by Gasteiger charge is 2.24. The fraction of sp³-hybridized carbons (Fsp3) is 0.238. The number of hydrogen-bond donors (Lipinski definition) is 1. The quantitative estimate of drug-likeness (QED) is 0.781. The molecule has 0 saturated carbocycles. The molecule has 4 rings (SSSR count). The van der Waals surface area contributed by atoms with Gasteiger partial charge in [-0.05, 0) is 56.9 Å². The minimum Gasteiger partial charge on any atom is -0.306 e. The number of nitrogens with zero attached hydrogens (tertiary/aromatic N) is 2. The molecule has 126 valence electrons. The topological polar surface area (TPSA) is 46.9 Å². The van der Waals surface area contributed by atoms with Crippen molar-refractivity contribution in [1.82, 2.24) is 9.78 Å². The van der Waals surface area contributed by atoms with Gasteiger partial charge in [0.2, 0.25) is 0 Å². The molecule has 0 spiro atoms. The summed E-state index contributed by atoms with van der Waals surface area (Å²) in [5.74, 6) is 0.734. The first-order valence-electron chi connectivity index (χ1n) is 8.68. The zero-order valence-electron chi connectivity index (χ0n) is 14.5. The predicted octanol–water partition coefficient (Wildman–Crippen LogP) is 4.23. The van der Waals surface area contributed by atoms with Crippen molar-refractivity contribution in [3.63, 3.8) is 0 Å². The van der Waals surface area contributed by atoms with Gasteiger partial charge in [0.05, 0.1) is 11.4 Å². The van der Waals surface area contributed by atoms with E-state index in [0.29, 0.717) is 5.56 Å². The molecule has 1 aromatic heterocycles. The van der Waals surface area contributed by atoms with Crippen molar-refractivity contribution < 1.29 is 4.79 Å². The molecule has 1 aliphatic rings. The standard InChI is InChI=1S/C21H21N3O/c1-14-11-12-15(2)18(13-14)21(25)22-20-17-9-6-10-19(17)23-24(20)16-7-4-3-5-8-16/h3-5,7-8,11-13H,6,9-10H2,1-2H3,(H,22,25). The van der Waals surface area contributed by atoms with Crippen molar-refractivity contribution in [1.29, 1.82) is 0 Å². The number of para-hydroxylation sites is 1. The second-order valence-electron chi connectivity index (χ2n) is 6.65. The highest BCUT2D eigenvalue weighted by molar-refractivity contribution is 6.05. The lowest BCUT2D eigenvalue weighted by Crippen LogP contribution is -2.17. The smallest absolute Gasteiger partial charge is 0.257 e. The third-order valence-electron chi connectivity index (χ3n) is 4.78. The van der Waals surface area contributed by atoms with Gasteiger partial charge in [-0.1, -0.05) is 35.9 Å². The number of rotatable bonds is 3. The fourth-order valence-corrected chi connectivity index (χ4v) is 3.43. The number of fused-ring (bicyclic) bond motifs is 1. The van der Waals surface area contributed by atoms with Crippen LogP contribution in [0.2, 0.25) is 0 Å². The molecule has 1 amide bonds. The summed E-state index contributed by atoms with van der Waals surface area (Å²) in [5.41, 5.74) is 6.01. The molecule has 1 aliphatic carbocycles. The number of hydrogen-bond acceptors (Lipinski definition) is 2. The molecule has 1 N–H and O–H groups in total. The van der Waals surface area contributed by atoms with E-state index >= 15 is 0 Å². The largest absolute Gasteiger partial charge is 0.306 e. The first-order chi connectivity index (χ1) is 12.1. The molecule has 25 heavy (non-hydrogen) atoms. The van der Waals surface area contributed by atoms with Crippen molar-refractivity contribution in [2.24, 2.45) is 0 Å². The van der Waals surface area contributed by atoms with Gasteiger partial charge in [-0.2, -0.15) is 5.10 Å². The van der Waals surface area contributed by atoms with Crippen LogP contribution in [0.15, 0.2) is 48.5 Å². The van der Waals surface area contributed by atoms with Gasteiger partial charge >= 0.3 is 0 Å². The van der Waals surface area contributed by atoms with E-state index in [1.54, 1.807) is 0 Å². The van der Waals surface area contributed by atoms with Crippen molar-refractivity contribution in [3.05, 3.63) is 76.5 Å². The molecule has 0 fully saturated rings. The number of aryl methyl sites for hydroxylation is 3. The third-order valence-corrected chi connectivity index (χ3v) is 4.78. The summed E-state index contributed by atoms with van der Waals surface area (Å²) in [6, 6.07) is 15.9. The van der Waals surface area contributed by atoms with E-state index in [-0.39, 0.29) is 5.91 Å². The molecule has 1 heterocycles. The Labute approximate surface area is 147 Å². The molecule has 3 aromatic rings. The van der Waals surface area contributed by atoms with E-state index in [4.69, 9.17) is 5.10 Å². The SMILES string of the molecule is Cc1ccc(C)c(C(=O)Nc2c3c(nn2-c2ccccc2)CCC3)c1. The maximum absolute atomic E-state index is 12.9. The molecular formula is C21H21N3O. The molecule has 0 bridgehead atoms. The van der Waals surface area contributed by atoms with Crippen LogP contribution in [-0.4, -0.2) is 15.7 Å². The lowest BCUT2D eigenvalue weighted by molar-refractivity contribution is 0.102. The van der Waals surface area contributed by atoms with Crippen LogP contribution in [0.25, 0.3) is 5.69 Å². The maximum Gasteiger partial charge on any atom is 0.257 e. The Morgan fingerprint density at radius 2 is 1.88 bits per heavy atom. The van der Waals surface area contributed by atoms with Gasteiger partial charge in [-0.3, -0.25) is 4.79 Å². The minimum atomic E-state index is -0.0759. The highest BCUT2D eigenvalue weighted by Crippen LogP contribution is 2.31. The van der Waals surface area contributed by atoms with Crippen molar-refractivity contribution in [2.45, 2.75) is 33.1 Å². The molecule has 2 aromatic carbocycles. The normalized spacial score (nSPS) is 12.9. The number of amides is 1. The van der Waals surface area contributed by atoms with Crippen LogP contribution >= 0.6 is 0 Å². The average Bonchev–Trinajstić information content (AvgIpc) is 3.20. The monoisotopic (exact) mass is 331 g/mol. The Bertz CT molecular complexity index is 941. The van der Waals surface area contributed by atoms with Crippen LogP contribution in [0, 0.1) is 13.8 Å². The van der Waals surface area contributed by atoms with Crippen molar-refractivity contribution in [2.75, 3.05) is 5.32 Å². The zero-order chi connectivity index (χ0) is 17.4. The van der Waals surface area contributed by atoms with Crippen LogP contribution in [0.3, 0.4) is 0 Å². The van der Waals surface area contributed by atoms with E-state index in [1.165, 1.54) is 5.56 Å². The van der Waals surface area contributed by atoms with Crippen LogP contribution in [0.4, 0.5) is 5.82 Å². The predicted molar refractivity (Wildman–Crippen MR) is 99.5 cm³/mol. The summed E-state index contributed by atoms with van der Waals surface area (Å²) in [6.45, 7) is 3.97. The van der Waals surface area contributed by atoms with Crippen LogP contribution < -0.4 is 5.32 Å². The number of aromatic nitrogens is 2. The van der Waals surface area contributed by atoms with Crippen LogP contribution in [0.5, 0.6) is 0 Å². The molecule has 4 nitrogen and oxygen atoms in total. The van der Waals surface area contributed by atoms with Gasteiger partial charge in [0.15, 0.2) is 0 Å². The maximum atomic E-state index is 12.9. The minimum absolute atomic E-state index is 0.0759. The fourth-order valence-electron chi connectivity index (χ4n) is 3.43. The first-order valence-corrected chi connectivity index (χ1v) is 8.68. The van der Waals surface area contributed by atoms with E-state index < -0.39 is 0 Å². The number of nitrogens with one attached hydrogen (secondary N) is 1. The van der Waals surface area contributed by atoms with Gasteiger partial charge in [-0.25, -0.2) is 4.68 Å². The number of carbonyl (C=O) groups excluding carboxylic acids is 1. The third kappa shape index (κ3) is 2.84. The molecule has 0 saturated heterocycles. The van der Waals surface area contributed by atoms with Gasteiger partial charge in [-0.15, -0.1) is 0 Å². The van der Waals surface area contributed by atoms with Crippen molar-refractivity contribution >= 4 is 11.7 Å². The highest BCUT2D eigenvalue weighted by atomic mass is 16.1. The number of carbonyl (C=O) groups is 1. The molecule has 0 atom stereocenters. The van der Waals surface area contributed by atoms with E-state index in [0.717, 1.165) is 47.6 Å². The Morgan fingerprint density at radius 3 is 2.68 bits per heavy atom. The summed E-state index contributed by atoms with van der Waals surface area (Å²) in [7, 11) is 0. The molecule has 0 aliphatic heterocycles. The van der Waals surface area contributed by atoms with E-state index in [1.807, 2.05) is 67.1 Å². The Morgan fingerprint density at radius 1 is 1.08 bits per heavy atom. The number of anilines is 1. The Kier molecular flexibility index (Phi) is 3.88. The summed E-state index contributed by atoms with van der Waals surface area (Å²) in [5, 5.41) is 7.88. The number of benzene rings is 2. The van der Waals surface area contributed by atoms with Crippen LogP contribution in [0.1, 0.15) is 39.2 Å². The van der Waals surface area contributed by atoms with Gasteiger partial charge in [0, 0.05) is 11.1 Å². The lowest BCUT2D eigenvalue weighted by atomic mass is 10.1. The molecule has 0 radical (unpaired) electrons. The molecule has 0 unspecified atom stereocenters.